The lowest BCUT2D eigenvalue weighted by atomic mass is 9.44. The van der Waals surface area contributed by atoms with Crippen molar-refractivity contribution in [2.45, 2.75) is 104 Å². The van der Waals surface area contributed by atoms with E-state index in [-0.39, 0.29) is 5.97 Å². The van der Waals surface area contributed by atoms with Crippen molar-refractivity contribution in [1.82, 2.24) is 0 Å². The third kappa shape index (κ3) is 4.30. The Kier molecular flexibility index (Phi) is 6.66. The van der Waals surface area contributed by atoms with E-state index in [2.05, 4.69) is 20.8 Å². The molecule has 1 aromatic rings. The molecule has 0 aromatic heterocycles. The molecule has 0 bridgehead atoms. The Morgan fingerprint density at radius 3 is 2.55 bits per heavy atom. The molecule has 0 saturated heterocycles. The van der Waals surface area contributed by atoms with E-state index >= 15 is 0 Å². The summed E-state index contributed by atoms with van der Waals surface area (Å²) < 4.78 is 5.57. The minimum Gasteiger partial charge on any atom is -0.461 e. The highest BCUT2D eigenvalue weighted by Crippen LogP contribution is 2.68. The fourth-order valence-corrected chi connectivity index (χ4v) is 9.63. The lowest BCUT2D eigenvalue weighted by Gasteiger charge is -2.61. The first-order valence-corrected chi connectivity index (χ1v) is 14.1. The van der Waals surface area contributed by atoms with E-state index in [1.807, 2.05) is 30.3 Å². The van der Waals surface area contributed by atoms with Crippen molar-refractivity contribution in [1.29, 1.82) is 0 Å². The Hall–Kier alpha value is -1.31. The third-order valence-corrected chi connectivity index (χ3v) is 11.4. The van der Waals surface area contributed by atoms with Gasteiger partial charge in [0.25, 0.3) is 0 Å². The summed E-state index contributed by atoms with van der Waals surface area (Å²) in [4.78, 5) is 12.4. The van der Waals surface area contributed by atoms with E-state index in [0.717, 1.165) is 41.6 Å². The second kappa shape index (κ2) is 9.38. The highest BCUT2D eigenvalue weighted by atomic mass is 16.5. The van der Waals surface area contributed by atoms with Crippen molar-refractivity contribution in [2.75, 3.05) is 0 Å². The van der Waals surface area contributed by atoms with Gasteiger partial charge in [0.2, 0.25) is 0 Å². The zero-order valence-electron chi connectivity index (χ0n) is 21.4. The van der Waals surface area contributed by atoms with Crippen LogP contribution in [0.5, 0.6) is 0 Å². The summed E-state index contributed by atoms with van der Waals surface area (Å²) in [6, 6.07) is 10.0. The molecule has 2 heteroatoms. The number of ether oxygens (including phenoxy) is 1. The number of fused-ring (bicyclic) bond motifs is 5. The Bertz CT molecular complexity index is 817. The van der Waals surface area contributed by atoms with E-state index in [1.165, 1.54) is 64.2 Å². The molecule has 0 aliphatic heterocycles. The molecule has 2 nitrogen and oxygen atoms in total. The van der Waals surface area contributed by atoms with Crippen LogP contribution < -0.4 is 0 Å². The van der Waals surface area contributed by atoms with E-state index in [0.29, 0.717) is 29.8 Å². The Morgan fingerprint density at radius 2 is 1.73 bits per heavy atom. The predicted octanol–water partition coefficient (Wildman–Crippen LogP) is 8.20. The molecule has 4 saturated carbocycles. The number of esters is 1. The summed E-state index contributed by atoms with van der Waals surface area (Å²) in [5.74, 6) is 5.25. The second-order valence-electron chi connectivity index (χ2n) is 12.8. The van der Waals surface area contributed by atoms with Crippen molar-refractivity contribution in [2.24, 2.45) is 46.3 Å². The molecule has 0 radical (unpaired) electrons. The van der Waals surface area contributed by atoms with Gasteiger partial charge in [-0.2, -0.15) is 0 Å². The molecule has 1 aromatic carbocycles. The number of carbonyl (C=O) groups excluding carboxylic acids is 1. The first-order chi connectivity index (χ1) is 15.9. The molecule has 0 N–H and O–H groups in total. The van der Waals surface area contributed by atoms with E-state index in [1.54, 1.807) is 0 Å². The van der Waals surface area contributed by atoms with Gasteiger partial charge in [-0.15, -0.1) is 0 Å². The standard InChI is InChI=1S/C31H46O2/c1-22(12-17-29(32)33-21-23-9-5-4-6-10-23)26-15-16-27-25-14-13-24-11-7-8-19-30(24,2)28(25)18-20-31(26,27)3/h4-6,9-10,22,24-28H,7-8,11-21H2,1-3H3/t22-,24+,25+,26-,27+,28+,30+,31-/m1/s1. The molecule has 0 spiro atoms. The number of hydrogen-bond acceptors (Lipinski definition) is 2. The van der Waals surface area contributed by atoms with E-state index in [9.17, 15) is 4.79 Å². The fraction of sp³-hybridized carbons (Fsp3) is 0.774. The van der Waals surface area contributed by atoms with Gasteiger partial charge in [-0.1, -0.05) is 63.9 Å². The monoisotopic (exact) mass is 450 g/mol. The van der Waals surface area contributed by atoms with Gasteiger partial charge in [-0.25, -0.2) is 0 Å². The van der Waals surface area contributed by atoms with Crippen molar-refractivity contribution in [3.63, 3.8) is 0 Å². The lowest BCUT2D eigenvalue weighted by Crippen LogP contribution is -2.53. The first kappa shape index (κ1) is 23.4. The van der Waals surface area contributed by atoms with Crippen LogP contribution in [-0.4, -0.2) is 5.97 Å². The van der Waals surface area contributed by atoms with Gasteiger partial charge >= 0.3 is 5.97 Å². The number of rotatable bonds is 6. The van der Waals surface area contributed by atoms with Gasteiger partial charge in [0.15, 0.2) is 0 Å². The largest absolute Gasteiger partial charge is 0.461 e. The van der Waals surface area contributed by atoms with Crippen LogP contribution in [0.4, 0.5) is 0 Å². The fourth-order valence-electron chi connectivity index (χ4n) is 9.63. The number of carbonyl (C=O) groups is 1. The molecule has 0 heterocycles. The molecule has 4 fully saturated rings. The normalized spacial score (nSPS) is 40.9. The smallest absolute Gasteiger partial charge is 0.306 e. The molecule has 0 unspecified atom stereocenters. The summed E-state index contributed by atoms with van der Waals surface area (Å²) in [5, 5.41) is 0. The summed E-state index contributed by atoms with van der Waals surface area (Å²) in [7, 11) is 0. The zero-order valence-corrected chi connectivity index (χ0v) is 21.4. The minimum absolute atomic E-state index is 0.0299. The summed E-state index contributed by atoms with van der Waals surface area (Å²) in [5.41, 5.74) is 2.20. The van der Waals surface area contributed by atoms with Crippen LogP contribution in [0.1, 0.15) is 103 Å². The highest BCUT2D eigenvalue weighted by molar-refractivity contribution is 5.69. The van der Waals surface area contributed by atoms with Crippen LogP contribution in [0, 0.1) is 46.3 Å². The molecular weight excluding hydrogens is 404 g/mol. The third-order valence-electron chi connectivity index (χ3n) is 11.4. The van der Waals surface area contributed by atoms with Crippen LogP contribution in [0.15, 0.2) is 30.3 Å². The van der Waals surface area contributed by atoms with Gasteiger partial charge in [-0.3, -0.25) is 4.79 Å². The Balaban J connectivity index is 1.18. The minimum atomic E-state index is -0.0299. The van der Waals surface area contributed by atoms with E-state index < -0.39 is 0 Å². The number of hydrogen-bond donors (Lipinski definition) is 0. The number of benzene rings is 1. The molecule has 33 heavy (non-hydrogen) atoms. The molecule has 182 valence electrons. The van der Waals surface area contributed by atoms with Crippen LogP contribution in [0.3, 0.4) is 0 Å². The van der Waals surface area contributed by atoms with Crippen molar-refractivity contribution < 1.29 is 9.53 Å². The zero-order chi connectivity index (χ0) is 23.1. The van der Waals surface area contributed by atoms with Gasteiger partial charge in [0.1, 0.15) is 6.61 Å². The average Bonchev–Trinajstić information content (AvgIpc) is 3.19. The average molecular weight is 451 g/mol. The summed E-state index contributed by atoms with van der Waals surface area (Å²) in [6.07, 6.45) is 16.2. The Labute approximate surface area is 202 Å². The summed E-state index contributed by atoms with van der Waals surface area (Å²) in [6.45, 7) is 8.16. The van der Waals surface area contributed by atoms with Crippen molar-refractivity contribution in [3.05, 3.63) is 35.9 Å². The van der Waals surface area contributed by atoms with Gasteiger partial charge < -0.3 is 4.74 Å². The van der Waals surface area contributed by atoms with Gasteiger partial charge in [0, 0.05) is 6.42 Å². The second-order valence-corrected chi connectivity index (χ2v) is 12.8. The molecule has 5 rings (SSSR count). The highest BCUT2D eigenvalue weighted by Gasteiger charge is 2.60. The topological polar surface area (TPSA) is 26.3 Å². The maximum Gasteiger partial charge on any atom is 0.306 e. The van der Waals surface area contributed by atoms with Gasteiger partial charge in [-0.05, 0) is 110 Å². The summed E-state index contributed by atoms with van der Waals surface area (Å²) >= 11 is 0. The maximum atomic E-state index is 12.4. The van der Waals surface area contributed by atoms with Crippen LogP contribution in [0.2, 0.25) is 0 Å². The molecule has 4 aliphatic rings. The molecular formula is C31H46O2. The molecule has 4 aliphatic carbocycles. The first-order valence-electron chi connectivity index (χ1n) is 14.1. The lowest BCUT2D eigenvalue weighted by molar-refractivity contribution is -0.145. The maximum absolute atomic E-state index is 12.4. The SMILES string of the molecule is C[C@H](CCC(=O)OCc1ccccc1)[C@H]1CC[C@H]2[C@@H]3CC[C@@H]4CCCC[C@]4(C)[C@H]3CC[C@]12C. The molecule has 8 atom stereocenters. The van der Waals surface area contributed by atoms with E-state index in [4.69, 9.17) is 4.74 Å². The van der Waals surface area contributed by atoms with Crippen molar-refractivity contribution >= 4 is 5.97 Å². The Morgan fingerprint density at radius 1 is 0.939 bits per heavy atom. The predicted molar refractivity (Wildman–Crippen MR) is 134 cm³/mol. The quantitative estimate of drug-likeness (QED) is 0.408. The van der Waals surface area contributed by atoms with Crippen LogP contribution >= 0.6 is 0 Å². The van der Waals surface area contributed by atoms with Crippen LogP contribution in [0.25, 0.3) is 0 Å². The molecule has 0 amide bonds. The van der Waals surface area contributed by atoms with Crippen molar-refractivity contribution in [3.8, 4) is 0 Å². The van der Waals surface area contributed by atoms with Crippen LogP contribution in [-0.2, 0) is 16.1 Å². The van der Waals surface area contributed by atoms with Gasteiger partial charge in [0.05, 0.1) is 0 Å².